The van der Waals surface area contributed by atoms with Crippen LogP contribution in [0, 0.1) is 5.92 Å². The van der Waals surface area contributed by atoms with Gasteiger partial charge in [-0.3, -0.25) is 14.1 Å². The Morgan fingerprint density at radius 1 is 1.18 bits per heavy atom. The fraction of sp³-hybridized carbons (Fsp3) is 0.118. The van der Waals surface area contributed by atoms with Crippen molar-refractivity contribution in [3.8, 4) is 5.75 Å². The highest BCUT2D eigenvalue weighted by atomic mass is 35.5. The maximum Gasteiger partial charge on any atom is 0.446 e. The van der Waals surface area contributed by atoms with Crippen LogP contribution in [0.2, 0.25) is 15.1 Å². The van der Waals surface area contributed by atoms with Gasteiger partial charge in [0.25, 0.3) is 0 Å². The first kappa shape index (κ1) is 20.8. The summed E-state index contributed by atoms with van der Waals surface area (Å²) >= 11 is 18.1. The molecule has 1 aliphatic heterocycles. The lowest BCUT2D eigenvalue weighted by Gasteiger charge is -2.24. The molecule has 2 aromatic carbocycles. The van der Waals surface area contributed by atoms with Gasteiger partial charge >= 0.3 is 10.4 Å². The van der Waals surface area contributed by atoms with E-state index in [4.69, 9.17) is 39.4 Å². The molecule has 0 saturated carbocycles. The molecule has 11 heteroatoms. The average molecular weight is 463 g/mol. The molecule has 3 rings (SSSR count). The number of carbonyl (C=O) groups is 2. The molecule has 1 atom stereocenters. The summed E-state index contributed by atoms with van der Waals surface area (Å²) in [5.41, 5.74) is 0.324. The molecule has 0 bridgehead atoms. The second kappa shape index (κ2) is 7.46. The number of Topliss-reactive ketones (excluding diaryl/α,β-unsaturated/α-hetero) is 2. The minimum Gasteiger partial charge on any atom is -0.360 e. The van der Waals surface area contributed by atoms with Crippen molar-refractivity contribution in [1.82, 2.24) is 0 Å². The number of nitrogens with zero attached hydrogens (tertiary/aromatic N) is 1. The molecule has 1 heterocycles. The second-order valence-corrected chi connectivity index (χ2v) is 8.06. The number of fused-ring (bicyclic) bond motifs is 1. The smallest absolute Gasteiger partial charge is 0.360 e. The van der Waals surface area contributed by atoms with Gasteiger partial charge < -0.3 is 4.18 Å². The minimum absolute atomic E-state index is 0.0400. The average Bonchev–Trinajstić information content (AvgIpc) is 2.57. The van der Waals surface area contributed by atoms with Crippen LogP contribution in [-0.4, -0.2) is 30.2 Å². The van der Waals surface area contributed by atoms with Crippen molar-refractivity contribution in [2.45, 2.75) is 6.92 Å². The first-order valence-corrected chi connectivity index (χ1v) is 10.1. The third kappa shape index (κ3) is 3.92. The van der Waals surface area contributed by atoms with Crippen molar-refractivity contribution in [1.29, 1.82) is 0 Å². The quantitative estimate of drug-likeness (QED) is 0.534. The van der Waals surface area contributed by atoms with E-state index in [1.54, 1.807) is 24.3 Å². The van der Waals surface area contributed by atoms with Crippen molar-refractivity contribution >= 4 is 68.2 Å². The zero-order valence-electron chi connectivity index (χ0n) is 13.9. The molecule has 0 fully saturated rings. The molecule has 0 saturated heterocycles. The Morgan fingerprint density at radius 2 is 1.79 bits per heavy atom. The Labute approximate surface area is 174 Å². The SMILES string of the molecule is CC(=O)C1C(=O)c2c(Cl)c(OS(=O)(=O)O)cc(Cl)c2N=C1c1ccc(Cl)cc1. The third-order valence-corrected chi connectivity index (χ3v) is 5.22. The van der Waals surface area contributed by atoms with Crippen LogP contribution in [0.15, 0.2) is 35.3 Å². The number of ketones is 2. The van der Waals surface area contributed by atoms with Gasteiger partial charge in [-0.05, 0) is 24.6 Å². The van der Waals surface area contributed by atoms with Crippen LogP contribution in [0.5, 0.6) is 5.75 Å². The van der Waals surface area contributed by atoms with Crippen LogP contribution in [0.25, 0.3) is 0 Å². The molecule has 146 valence electrons. The van der Waals surface area contributed by atoms with Crippen molar-refractivity contribution in [2.24, 2.45) is 10.9 Å². The van der Waals surface area contributed by atoms with Crippen LogP contribution in [0.3, 0.4) is 0 Å². The summed E-state index contributed by atoms with van der Waals surface area (Å²) in [5.74, 6) is -3.08. The lowest BCUT2D eigenvalue weighted by Crippen LogP contribution is -2.34. The summed E-state index contributed by atoms with van der Waals surface area (Å²) in [5, 5.41) is -0.133. The fourth-order valence-corrected chi connectivity index (χ4v) is 3.83. The van der Waals surface area contributed by atoms with Gasteiger partial charge in [0.05, 0.1) is 27.0 Å². The number of hydrogen-bond donors (Lipinski definition) is 1. The maximum absolute atomic E-state index is 13.1. The largest absolute Gasteiger partial charge is 0.446 e. The highest BCUT2D eigenvalue weighted by molar-refractivity contribution is 7.81. The Morgan fingerprint density at radius 3 is 2.32 bits per heavy atom. The van der Waals surface area contributed by atoms with Gasteiger partial charge in [-0.25, -0.2) is 4.99 Å². The van der Waals surface area contributed by atoms with E-state index in [9.17, 15) is 18.0 Å². The van der Waals surface area contributed by atoms with Gasteiger partial charge in [0.2, 0.25) is 0 Å². The lowest BCUT2D eigenvalue weighted by molar-refractivity contribution is -0.117. The predicted octanol–water partition coefficient (Wildman–Crippen LogP) is 4.35. The molecule has 0 radical (unpaired) electrons. The zero-order valence-corrected chi connectivity index (χ0v) is 17.0. The van der Waals surface area contributed by atoms with Gasteiger partial charge in [-0.15, -0.1) is 0 Å². The second-order valence-electron chi connectivity index (χ2n) is 5.82. The van der Waals surface area contributed by atoms with Crippen LogP contribution in [0.1, 0.15) is 22.8 Å². The lowest BCUT2D eigenvalue weighted by atomic mass is 9.83. The molecule has 0 aromatic heterocycles. The van der Waals surface area contributed by atoms with E-state index in [1.165, 1.54) is 6.92 Å². The first-order chi connectivity index (χ1) is 13.0. The number of carbonyl (C=O) groups excluding carboxylic acids is 2. The summed E-state index contributed by atoms with van der Waals surface area (Å²) in [4.78, 5) is 29.6. The third-order valence-electron chi connectivity index (χ3n) is 3.91. The minimum atomic E-state index is -4.92. The van der Waals surface area contributed by atoms with Crippen LogP contribution in [-0.2, 0) is 15.2 Å². The Kier molecular flexibility index (Phi) is 5.53. The van der Waals surface area contributed by atoms with E-state index < -0.39 is 38.7 Å². The number of halogens is 3. The maximum atomic E-state index is 13.1. The molecule has 0 amide bonds. The summed E-state index contributed by atoms with van der Waals surface area (Å²) in [6.45, 7) is 1.22. The van der Waals surface area contributed by atoms with Gasteiger partial charge in [0.15, 0.2) is 11.5 Å². The molecule has 7 nitrogen and oxygen atoms in total. The molecular weight excluding hydrogens is 453 g/mol. The summed E-state index contributed by atoms with van der Waals surface area (Å²) in [7, 11) is -4.92. The summed E-state index contributed by atoms with van der Waals surface area (Å²) in [6, 6.07) is 7.35. The van der Waals surface area contributed by atoms with E-state index in [0.717, 1.165) is 6.07 Å². The topological polar surface area (TPSA) is 110 Å². The summed E-state index contributed by atoms with van der Waals surface area (Å²) in [6.07, 6.45) is 0. The molecule has 2 aromatic rings. The molecule has 1 N–H and O–H groups in total. The molecule has 1 aliphatic rings. The Hall–Kier alpha value is -1.97. The first-order valence-electron chi connectivity index (χ1n) is 7.57. The molecule has 0 spiro atoms. The summed E-state index contributed by atoms with van der Waals surface area (Å²) < 4.78 is 35.3. The number of aliphatic imine (C=N–C) groups is 1. The van der Waals surface area contributed by atoms with E-state index in [2.05, 4.69) is 9.18 Å². The van der Waals surface area contributed by atoms with Crippen LogP contribution in [0.4, 0.5) is 5.69 Å². The van der Waals surface area contributed by atoms with E-state index in [0.29, 0.717) is 10.6 Å². The van der Waals surface area contributed by atoms with Crippen LogP contribution < -0.4 is 4.18 Å². The van der Waals surface area contributed by atoms with Gasteiger partial charge in [-0.2, -0.15) is 8.42 Å². The van der Waals surface area contributed by atoms with E-state index in [-0.39, 0.29) is 22.0 Å². The zero-order chi connectivity index (χ0) is 20.8. The Balaban J connectivity index is 2.28. The molecular formula is C17H10Cl3NO6S. The van der Waals surface area contributed by atoms with Crippen molar-refractivity contribution in [3.05, 3.63) is 56.5 Å². The van der Waals surface area contributed by atoms with Gasteiger partial charge in [0, 0.05) is 11.1 Å². The monoisotopic (exact) mass is 461 g/mol. The number of benzene rings is 2. The molecule has 0 aliphatic carbocycles. The van der Waals surface area contributed by atoms with Crippen molar-refractivity contribution in [3.63, 3.8) is 0 Å². The van der Waals surface area contributed by atoms with E-state index >= 15 is 0 Å². The van der Waals surface area contributed by atoms with Crippen LogP contribution >= 0.6 is 34.8 Å². The van der Waals surface area contributed by atoms with E-state index in [1.807, 2.05) is 0 Å². The van der Waals surface area contributed by atoms with Gasteiger partial charge in [0.1, 0.15) is 11.7 Å². The highest BCUT2D eigenvalue weighted by Crippen LogP contribution is 2.45. The number of rotatable bonds is 4. The standard InChI is InChI=1S/C17H10Cl3NO6S/c1-7(22)12-15(8-2-4-9(18)5-3-8)21-16-10(19)6-11(27-28(24,25)26)14(20)13(16)17(12)23/h2-6,12H,1H3,(H,24,25,26). The van der Waals surface area contributed by atoms with Crippen molar-refractivity contribution in [2.75, 3.05) is 0 Å². The normalized spacial score (nSPS) is 16.4. The van der Waals surface area contributed by atoms with Crippen molar-refractivity contribution < 1.29 is 26.7 Å². The predicted molar refractivity (Wildman–Crippen MR) is 105 cm³/mol. The molecule has 28 heavy (non-hydrogen) atoms. The van der Waals surface area contributed by atoms with Gasteiger partial charge in [-0.1, -0.05) is 46.9 Å². The fourth-order valence-electron chi connectivity index (χ4n) is 2.78. The molecule has 1 unspecified atom stereocenters. The number of hydrogen-bond acceptors (Lipinski definition) is 6. The highest BCUT2D eigenvalue weighted by Gasteiger charge is 2.39. The Bertz CT molecular complexity index is 1140.